The summed E-state index contributed by atoms with van der Waals surface area (Å²) in [6.45, 7) is 3.36. The summed E-state index contributed by atoms with van der Waals surface area (Å²) in [4.78, 5) is 0. The van der Waals surface area contributed by atoms with Gasteiger partial charge in [0.25, 0.3) is 10.1 Å². The fourth-order valence-corrected chi connectivity index (χ4v) is 3.85. The second kappa shape index (κ2) is 9.18. The van der Waals surface area contributed by atoms with E-state index in [9.17, 15) is 8.42 Å². The monoisotopic (exact) mass is 394 g/mol. The molecule has 0 spiro atoms. The van der Waals surface area contributed by atoms with Gasteiger partial charge in [0.2, 0.25) is 0 Å². The first-order valence-corrected chi connectivity index (χ1v) is 11.0. The summed E-state index contributed by atoms with van der Waals surface area (Å²) in [6, 6.07) is 0. The van der Waals surface area contributed by atoms with Gasteiger partial charge in [-0.3, -0.25) is 4.55 Å². The molecule has 9 heteroatoms. The maximum atomic E-state index is 10.7. The highest BCUT2D eigenvalue weighted by atomic mass is 32.2. The third kappa shape index (κ3) is 7.91. The van der Waals surface area contributed by atoms with E-state index in [1.54, 1.807) is 11.3 Å². The number of nitrogens with zero attached hydrogens (tertiary/aromatic N) is 1. The van der Waals surface area contributed by atoms with Crippen molar-refractivity contribution < 1.29 is 31.7 Å². The van der Waals surface area contributed by atoms with Crippen molar-refractivity contribution in [1.29, 1.82) is 0 Å². The number of rotatable bonds is 11. The van der Waals surface area contributed by atoms with Crippen molar-refractivity contribution in [1.82, 2.24) is 0 Å². The lowest BCUT2D eigenvalue weighted by atomic mass is 10.2. The summed E-state index contributed by atoms with van der Waals surface area (Å²) in [5.74, 6) is 1.44. The van der Waals surface area contributed by atoms with Crippen LogP contribution in [0.3, 0.4) is 0 Å². The van der Waals surface area contributed by atoms with Gasteiger partial charge >= 0.3 is 0 Å². The minimum atomic E-state index is -3.86. The Hall–Kier alpha value is -0.870. The first-order valence-electron chi connectivity index (χ1n) is 8.46. The van der Waals surface area contributed by atoms with E-state index < -0.39 is 10.1 Å². The molecule has 1 N–H and O–H groups in total. The fourth-order valence-electron chi connectivity index (χ4n) is 2.69. The van der Waals surface area contributed by atoms with E-state index in [1.165, 1.54) is 0 Å². The van der Waals surface area contributed by atoms with Crippen molar-refractivity contribution in [2.75, 3.05) is 52.8 Å². The van der Waals surface area contributed by atoms with Crippen molar-refractivity contribution in [2.45, 2.75) is 25.4 Å². The molecule has 0 aromatic carbocycles. The van der Waals surface area contributed by atoms with Crippen LogP contribution in [-0.4, -0.2) is 76.3 Å². The topological polar surface area (TPSA) is 82.1 Å². The Kier molecular flexibility index (Phi) is 7.51. The van der Waals surface area contributed by atoms with Gasteiger partial charge in [0.1, 0.15) is 6.61 Å². The van der Waals surface area contributed by atoms with Gasteiger partial charge in [-0.15, -0.1) is 11.3 Å². The van der Waals surface area contributed by atoms with Gasteiger partial charge in [-0.2, -0.15) is 8.42 Å². The number of thiophene rings is 1. The molecule has 0 radical (unpaired) electrons. The van der Waals surface area contributed by atoms with Gasteiger partial charge < -0.3 is 18.7 Å². The molecule has 1 aromatic rings. The number of quaternary nitrogens is 1. The molecule has 0 aliphatic carbocycles. The van der Waals surface area contributed by atoms with Crippen LogP contribution in [0.2, 0.25) is 0 Å². The van der Waals surface area contributed by atoms with Crippen LogP contribution in [0.25, 0.3) is 0 Å². The molecular formula is C16H28NO6S2+. The van der Waals surface area contributed by atoms with E-state index in [0.29, 0.717) is 26.2 Å². The zero-order chi connectivity index (χ0) is 18.3. The Balaban J connectivity index is 1.51. The van der Waals surface area contributed by atoms with E-state index in [1.807, 2.05) is 10.8 Å². The van der Waals surface area contributed by atoms with Crippen molar-refractivity contribution in [3.63, 3.8) is 0 Å². The second-order valence-corrected chi connectivity index (χ2v) is 9.27. The quantitative estimate of drug-likeness (QED) is 0.351. The molecule has 1 unspecified atom stereocenters. The van der Waals surface area contributed by atoms with Gasteiger partial charge in [0, 0.05) is 23.8 Å². The van der Waals surface area contributed by atoms with Crippen LogP contribution < -0.4 is 9.47 Å². The zero-order valence-corrected chi connectivity index (χ0v) is 16.5. The minimum absolute atomic E-state index is 0.0604. The average molecular weight is 395 g/mol. The Labute approximate surface area is 153 Å². The molecule has 1 aliphatic heterocycles. The lowest BCUT2D eigenvalue weighted by Crippen LogP contribution is -2.42. The number of fused-ring (bicyclic) bond motifs is 1. The molecule has 7 nitrogen and oxygen atoms in total. The summed E-state index contributed by atoms with van der Waals surface area (Å²) < 4.78 is 48.1. The minimum Gasteiger partial charge on any atom is -0.485 e. The van der Waals surface area contributed by atoms with Gasteiger partial charge in [-0.1, -0.05) is 0 Å². The van der Waals surface area contributed by atoms with Crippen LogP contribution in [-0.2, 0) is 14.9 Å². The van der Waals surface area contributed by atoms with Crippen LogP contribution >= 0.6 is 11.3 Å². The van der Waals surface area contributed by atoms with E-state index in [-0.39, 0.29) is 11.9 Å². The molecule has 0 saturated heterocycles. The SMILES string of the molecule is C[N+](C)(CCCCOCC1COc2cscc2O1)CCCS(=O)(=O)O. The van der Waals surface area contributed by atoms with E-state index >= 15 is 0 Å². The third-order valence-electron chi connectivity index (χ3n) is 4.08. The molecular weight excluding hydrogens is 366 g/mol. The van der Waals surface area contributed by atoms with E-state index in [4.69, 9.17) is 18.8 Å². The predicted octanol–water partition coefficient (Wildman–Crippen LogP) is 2.04. The molecule has 2 heterocycles. The molecule has 1 atom stereocenters. The Morgan fingerprint density at radius 3 is 2.72 bits per heavy atom. The smallest absolute Gasteiger partial charge is 0.265 e. The van der Waals surface area contributed by atoms with Crippen LogP contribution in [0.5, 0.6) is 11.5 Å². The van der Waals surface area contributed by atoms with Gasteiger partial charge in [-0.25, -0.2) is 0 Å². The Morgan fingerprint density at radius 1 is 1.24 bits per heavy atom. The number of hydrogen-bond acceptors (Lipinski definition) is 6. The standard InChI is InChI=1S/C16H27NO6S2/c1-17(2,7-5-9-25(18,19)20)6-3-4-8-21-10-14-11-22-15-12-24-13-16(15)23-14/h12-14H,3-11H2,1-2H3/p+1. The summed E-state index contributed by atoms with van der Waals surface area (Å²) in [7, 11) is 0.276. The molecule has 1 aliphatic rings. The number of unbranched alkanes of at least 4 members (excludes halogenated alkanes) is 1. The Morgan fingerprint density at radius 2 is 1.96 bits per heavy atom. The number of ether oxygens (including phenoxy) is 3. The summed E-state index contributed by atoms with van der Waals surface area (Å²) in [6.07, 6.45) is 2.34. The van der Waals surface area contributed by atoms with Crippen molar-refractivity contribution in [3.05, 3.63) is 10.8 Å². The summed E-state index contributed by atoms with van der Waals surface area (Å²) in [5.41, 5.74) is 0. The van der Waals surface area contributed by atoms with Crippen LogP contribution in [0.15, 0.2) is 10.8 Å². The largest absolute Gasteiger partial charge is 0.485 e. The molecule has 0 bridgehead atoms. The first-order chi connectivity index (χ1) is 11.8. The molecule has 1 aromatic heterocycles. The maximum absolute atomic E-state index is 10.7. The van der Waals surface area contributed by atoms with E-state index in [0.717, 1.165) is 41.9 Å². The highest BCUT2D eigenvalue weighted by Crippen LogP contribution is 2.35. The van der Waals surface area contributed by atoms with Gasteiger partial charge in [0.05, 0.1) is 39.5 Å². The molecule has 144 valence electrons. The fraction of sp³-hybridized carbons (Fsp3) is 0.750. The van der Waals surface area contributed by atoms with Crippen molar-refractivity contribution >= 4 is 21.5 Å². The average Bonchev–Trinajstić information content (AvgIpc) is 2.96. The van der Waals surface area contributed by atoms with Crippen molar-refractivity contribution in [3.8, 4) is 11.5 Å². The normalized spacial score (nSPS) is 17.6. The Bertz CT molecular complexity index is 628. The molecule has 25 heavy (non-hydrogen) atoms. The highest BCUT2D eigenvalue weighted by Gasteiger charge is 2.22. The predicted molar refractivity (Wildman–Crippen MR) is 97.2 cm³/mol. The highest BCUT2D eigenvalue weighted by molar-refractivity contribution is 7.85. The molecule has 0 amide bonds. The van der Waals surface area contributed by atoms with E-state index in [2.05, 4.69) is 14.1 Å². The molecule has 0 saturated carbocycles. The number of hydrogen-bond donors (Lipinski definition) is 1. The zero-order valence-electron chi connectivity index (χ0n) is 14.8. The lowest BCUT2D eigenvalue weighted by molar-refractivity contribution is -0.890. The second-order valence-electron chi connectivity index (χ2n) is 6.96. The van der Waals surface area contributed by atoms with Gasteiger partial charge in [-0.05, 0) is 12.8 Å². The summed E-state index contributed by atoms with van der Waals surface area (Å²) >= 11 is 1.56. The van der Waals surface area contributed by atoms with Crippen LogP contribution in [0.1, 0.15) is 19.3 Å². The third-order valence-corrected chi connectivity index (χ3v) is 5.59. The molecule has 0 fully saturated rings. The lowest BCUT2D eigenvalue weighted by Gasteiger charge is -2.29. The van der Waals surface area contributed by atoms with Crippen LogP contribution in [0.4, 0.5) is 0 Å². The maximum Gasteiger partial charge on any atom is 0.265 e. The van der Waals surface area contributed by atoms with Crippen LogP contribution in [0, 0.1) is 0 Å². The van der Waals surface area contributed by atoms with Gasteiger partial charge in [0.15, 0.2) is 17.6 Å². The van der Waals surface area contributed by atoms with Crippen molar-refractivity contribution in [2.24, 2.45) is 0 Å². The molecule has 2 rings (SSSR count). The first kappa shape index (κ1) is 20.4. The summed E-state index contributed by atoms with van der Waals surface area (Å²) in [5, 5.41) is 3.87.